The molecule has 0 amide bonds. The van der Waals surface area contributed by atoms with E-state index in [-0.39, 0.29) is 12.1 Å². The lowest BCUT2D eigenvalue weighted by Gasteiger charge is -2.26. The molecule has 2 fully saturated rings. The molecule has 4 heterocycles. The predicted octanol–water partition coefficient (Wildman–Crippen LogP) is 2.59. The molecule has 4 aromatic rings. The Morgan fingerprint density at radius 2 is 1.97 bits per heavy atom. The van der Waals surface area contributed by atoms with Gasteiger partial charge in [-0.3, -0.25) is 0 Å². The number of hydrogen-bond acceptors (Lipinski definition) is 8. The van der Waals surface area contributed by atoms with Crippen molar-refractivity contribution in [2.24, 2.45) is 5.41 Å². The van der Waals surface area contributed by atoms with Crippen LogP contribution in [0.5, 0.6) is 0 Å². The number of ether oxygens (including phenoxy) is 1. The fourth-order valence-electron chi connectivity index (χ4n) is 5.68. The molecule has 1 aliphatic carbocycles. The Hall–Kier alpha value is -2.79. The van der Waals surface area contributed by atoms with Gasteiger partial charge in [0, 0.05) is 17.0 Å². The molecule has 1 saturated carbocycles. The van der Waals surface area contributed by atoms with Crippen LogP contribution in [-0.4, -0.2) is 54.7 Å². The second kappa shape index (κ2) is 7.88. The first-order valence-corrected chi connectivity index (χ1v) is 12.0. The first kappa shape index (κ1) is 21.7. The van der Waals surface area contributed by atoms with E-state index in [1.54, 1.807) is 0 Å². The molecule has 6 N–H and O–H groups in total. The van der Waals surface area contributed by atoms with E-state index in [0.717, 1.165) is 26.3 Å². The van der Waals surface area contributed by atoms with Crippen LogP contribution in [-0.2, 0) is 11.2 Å². The van der Waals surface area contributed by atoms with Crippen molar-refractivity contribution in [2.45, 2.75) is 43.6 Å². The van der Waals surface area contributed by atoms with Crippen molar-refractivity contribution in [3.8, 4) is 0 Å². The lowest BCUT2D eigenvalue weighted by Crippen LogP contribution is -2.37. The lowest BCUT2D eigenvalue weighted by molar-refractivity contribution is -0.0308. The molecule has 6 rings (SSSR count). The van der Waals surface area contributed by atoms with Gasteiger partial charge in [-0.1, -0.05) is 12.1 Å². The van der Waals surface area contributed by atoms with Gasteiger partial charge in [-0.05, 0) is 59.0 Å². The third kappa shape index (κ3) is 3.36. The number of anilines is 2. The summed E-state index contributed by atoms with van der Waals surface area (Å²) in [5, 5.41) is 23.8. The number of halogens is 1. The molecule has 176 valence electrons. The molecule has 3 aromatic heterocycles. The number of aliphatic hydroxyl groups is 2. The number of aromatic nitrogens is 4. The second-order valence-electron chi connectivity index (χ2n) is 9.51. The summed E-state index contributed by atoms with van der Waals surface area (Å²) in [5.74, 6) is 0.856. The largest absolute Gasteiger partial charge is 0.390 e. The van der Waals surface area contributed by atoms with Gasteiger partial charge in [0.05, 0.1) is 40.2 Å². The number of pyridine rings is 1. The summed E-state index contributed by atoms with van der Waals surface area (Å²) in [4.78, 5) is 12.9. The van der Waals surface area contributed by atoms with Crippen molar-refractivity contribution in [1.82, 2.24) is 19.5 Å². The molecule has 10 heteroatoms. The van der Waals surface area contributed by atoms with E-state index in [2.05, 4.69) is 36.9 Å². The van der Waals surface area contributed by atoms with Crippen molar-refractivity contribution < 1.29 is 14.9 Å². The number of benzene rings is 1. The van der Waals surface area contributed by atoms with Crippen LogP contribution in [0.15, 0.2) is 47.3 Å². The van der Waals surface area contributed by atoms with Gasteiger partial charge in [0.2, 0.25) is 0 Å². The molecule has 0 bridgehead atoms. The number of hydrogen-bond donors (Lipinski definition) is 4. The molecule has 1 aromatic carbocycles. The number of aliphatic hydroxyl groups excluding tert-OH is 2. The summed E-state index contributed by atoms with van der Waals surface area (Å²) in [6.45, 7) is 0.397. The molecule has 1 saturated heterocycles. The predicted molar refractivity (Wildman–Crippen MR) is 132 cm³/mol. The van der Waals surface area contributed by atoms with Crippen LogP contribution in [0.2, 0.25) is 0 Å². The molecular weight excluding hydrogens is 500 g/mol. The minimum atomic E-state index is -0.930. The van der Waals surface area contributed by atoms with E-state index in [1.165, 1.54) is 6.33 Å². The average Bonchev–Trinajstić information content (AvgIpc) is 3.49. The summed E-state index contributed by atoms with van der Waals surface area (Å²) in [6, 6.07) is 9.62. The van der Waals surface area contributed by atoms with Crippen molar-refractivity contribution in [2.75, 3.05) is 18.1 Å². The van der Waals surface area contributed by atoms with Gasteiger partial charge in [-0.15, -0.1) is 0 Å². The Kier molecular flexibility index (Phi) is 5.03. The maximum absolute atomic E-state index is 11.1. The second-order valence-corrected chi connectivity index (χ2v) is 10.4. The highest BCUT2D eigenvalue weighted by molar-refractivity contribution is 9.10. The summed E-state index contributed by atoms with van der Waals surface area (Å²) < 4.78 is 8.85. The fraction of sp³-hybridized carbons (Fsp3) is 0.375. The van der Waals surface area contributed by atoms with Gasteiger partial charge in [-0.2, -0.15) is 0 Å². The fourth-order valence-corrected chi connectivity index (χ4v) is 6.01. The summed E-state index contributed by atoms with van der Waals surface area (Å²) in [7, 11) is 0. The maximum Gasteiger partial charge on any atom is 0.145 e. The van der Waals surface area contributed by atoms with Gasteiger partial charge < -0.3 is 31.0 Å². The third-order valence-corrected chi connectivity index (χ3v) is 8.06. The molecule has 0 unspecified atom stereocenters. The standard InChI is InChI=1S/C24H25BrN6O3/c25-16-7-13-2-1-12(6-17(13)30-22(16)27)5-14-8-24(10-34-14)9-18(19(32)20(24)33)31-4-3-15-21(26)28-11-29-23(15)31/h1-4,6-7,11,14,18-20,32-33H,5,8-10H2,(H2,27,30)(H2,26,28,29)/t14-,18+,19-,20-,24-/m0/s1. The SMILES string of the molecule is Nc1nc2cc(C[C@H]3C[C@@]4(CO3)C[C@@H](n3ccc5c(N)ncnc53)[C@H](O)[C@@H]4O)ccc2cc1Br. The summed E-state index contributed by atoms with van der Waals surface area (Å²) in [5.41, 5.74) is 14.0. The van der Waals surface area contributed by atoms with E-state index >= 15 is 0 Å². The van der Waals surface area contributed by atoms with Crippen LogP contribution >= 0.6 is 15.9 Å². The van der Waals surface area contributed by atoms with Crippen LogP contribution in [0.1, 0.15) is 24.4 Å². The van der Waals surface area contributed by atoms with Gasteiger partial charge in [0.15, 0.2) is 0 Å². The van der Waals surface area contributed by atoms with Crippen LogP contribution in [0.25, 0.3) is 21.9 Å². The Bertz CT molecular complexity index is 1410. The van der Waals surface area contributed by atoms with Crippen molar-refractivity contribution in [3.05, 3.63) is 52.9 Å². The minimum Gasteiger partial charge on any atom is -0.390 e. The third-order valence-electron chi connectivity index (χ3n) is 7.42. The first-order valence-electron chi connectivity index (χ1n) is 11.2. The van der Waals surface area contributed by atoms with E-state index in [0.29, 0.717) is 43.2 Å². The van der Waals surface area contributed by atoms with Gasteiger partial charge >= 0.3 is 0 Å². The summed E-state index contributed by atoms with van der Waals surface area (Å²) in [6.07, 6.45) is 3.32. The van der Waals surface area contributed by atoms with Crippen molar-refractivity contribution >= 4 is 49.5 Å². The van der Waals surface area contributed by atoms with Crippen LogP contribution in [0.4, 0.5) is 11.6 Å². The zero-order valence-electron chi connectivity index (χ0n) is 18.3. The highest BCUT2D eigenvalue weighted by Crippen LogP contribution is 2.52. The molecule has 5 atom stereocenters. The van der Waals surface area contributed by atoms with E-state index in [9.17, 15) is 10.2 Å². The van der Waals surface area contributed by atoms with Crippen molar-refractivity contribution in [3.63, 3.8) is 0 Å². The topological polar surface area (TPSA) is 145 Å². The van der Waals surface area contributed by atoms with Gasteiger partial charge in [-0.25, -0.2) is 15.0 Å². The first-order chi connectivity index (χ1) is 16.3. The molecule has 9 nitrogen and oxygen atoms in total. The highest BCUT2D eigenvalue weighted by atomic mass is 79.9. The van der Waals surface area contributed by atoms with E-state index < -0.39 is 17.6 Å². The van der Waals surface area contributed by atoms with Crippen LogP contribution in [0, 0.1) is 5.41 Å². The quantitative estimate of drug-likeness (QED) is 0.320. The number of fused-ring (bicyclic) bond motifs is 2. The van der Waals surface area contributed by atoms with E-state index in [1.807, 2.05) is 35.0 Å². The van der Waals surface area contributed by atoms with E-state index in [4.69, 9.17) is 16.2 Å². The normalized spacial score (nSPS) is 29.0. The highest BCUT2D eigenvalue weighted by Gasteiger charge is 2.57. The monoisotopic (exact) mass is 524 g/mol. The average molecular weight is 525 g/mol. The molecule has 34 heavy (non-hydrogen) atoms. The Balaban J connectivity index is 1.23. The molecular formula is C24H25BrN6O3. The number of nitrogen functional groups attached to an aromatic ring is 2. The van der Waals surface area contributed by atoms with Gasteiger partial charge in [0.1, 0.15) is 29.7 Å². The zero-order valence-corrected chi connectivity index (χ0v) is 19.9. The number of nitrogens with zero attached hydrogens (tertiary/aromatic N) is 4. The Morgan fingerprint density at radius 1 is 1.12 bits per heavy atom. The van der Waals surface area contributed by atoms with Crippen LogP contribution in [0.3, 0.4) is 0 Å². The summed E-state index contributed by atoms with van der Waals surface area (Å²) >= 11 is 3.42. The number of nitrogens with two attached hydrogens (primary N) is 2. The smallest absolute Gasteiger partial charge is 0.145 e. The molecule has 1 aliphatic heterocycles. The molecule has 2 aliphatic rings. The lowest BCUT2D eigenvalue weighted by atomic mass is 9.80. The maximum atomic E-state index is 11.1. The van der Waals surface area contributed by atoms with Gasteiger partial charge in [0.25, 0.3) is 0 Å². The molecule has 1 spiro atoms. The number of rotatable bonds is 3. The molecule has 0 radical (unpaired) electrons. The van der Waals surface area contributed by atoms with Crippen molar-refractivity contribution in [1.29, 1.82) is 0 Å². The van der Waals surface area contributed by atoms with Crippen LogP contribution < -0.4 is 11.5 Å². The minimum absolute atomic E-state index is 0.0646. The Morgan fingerprint density at radius 3 is 2.82 bits per heavy atom. The zero-order chi connectivity index (χ0) is 23.6. The Labute approximate surface area is 203 Å².